The van der Waals surface area contributed by atoms with Crippen molar-refractivity contribution in [1.29, 1.82) is 0 Å². The molecule has 9 nitrogen and oxygen atoms in total. The maximum atomic E-state index is 13.7. The Kier molecular flexibility index (Phi) is 6.93. The van der Waals surface area contributed by atoms with Crippen molar-refractivity contribution >= 4 is 84.3 Å². The lowest BCUT2D eigenvalue weighted by molar-refractivity contribution is -0.384. The molecule has 2 saturated carbocycles. The van der Waals surface area contributed by atoms with Crippen LogP contribution in [0.15, 0.2) is 42.5 Å². The first-order chi connectivity index (χ1) is 17.5. The molecule has 2 aromatic carbocycles. The van der Waals surface area contributed by atoms with E-state index in [2.05, 4.69) is 31.9 Å². The highest BCUT2D eigenvalue weighted by Gasteiger charge is 2.67. The fourth-order valence-electron chi connectivity index (χ4n) is 5.64. The van der Waals surface area contributed by atoms with Crippen LogP contribution in [0.4, 0.5) is 5.69 Å². The number of carbonyl (C=O) groups excluding carboxylic acids is 4. The van der Waals surface area contributed by atoms with Crippen molar-refractivity contribution in [2.75, 3.05) is 6.54 Å². The molecule has 192 valence electrons. The topological polar surface area (TPSA) is 118 Å². The van der Waals surface area contributed by atoms with E-state index in [1.807, 2.05) is 0 Å². The summed E-state index contributed by atoms with van der Waals surface area (Å²) in [5, 5.41) is 13.2. The first kappa shape index (κ1) is 26.3. The van der Waals surface area contributed by atoms with E-state index in [0.29, 0.717) is 11.4 Å². The van der Waals surface area contributed by atoms with Gasteiger partial charge in [0.15, 0.2) is 5.78 Å². The van der Waals surface area contributed by atoms with E-state index in [9.17, 15) is 29.3 Å². The van der Waals surface area contributed by atoms with Crippen LogP contribution in [0.25, 0.3) is 0 Å². The number of Topliss-reactive ketones (excluding diaryl/α,β-unsaturated/α-hetero) is 1. The van der Waals surface area contributed by atoms with Gasteiger partial charge in [0.25, 0.3) is 23.4 Å². The molecule has 5 rings (SSSR count). The molecule has 1 heterocycles. The van der Waals surface area contributed by atoms with Crippen molar-refractivity contribution in [2.24, 2.45) is 23.7 Å². The molecule has 0 N–H and O–H groups in total. The lowest BCUT2D eigenvalue weighted by atomic mass is 9.81. The van der Waals surface area contributed by atoms with Gasteiger partial charge >= 0.3 is 0 Å². The SMILES string of the molecule is O=C(CN(C(=O)c1cccc([N+](=O)[O-])c1)N1C(=O)[C@@H]2[C@H]3C[C@@H]([C@H](Br)[C@@H]3Br)[C@@H]2C1=O)c1ccc(Cl)cc1Cl. The smallest absolute Gasteiger partial charge is 0.273 e. The predicted octanol–water partition coefficient (Wildman–Crippen LogP) is 4.92. The Morgan fingerprint density at radius 3 is 2.22 bits per heavy atom. The minimum absolute atomic E-state index is 0.0223. The van der Waals surface area contributed by atoms with Crippen molar-refractivity contribution in [1.82, 2.24) is 10.0 Å². The van der Waals surface area contributed by atoms with E-state index >= 15 is 0 Å². The summed E-state index contributed by atoms with van der Waals surface area (Å²) in [4.78, 5) is 64.8. The summed E-state index contributed by atoms with van der Waals surface area (Å²) in [7, 11) is 0. The number of non-ortho nitro benzene ring substituents is 1. The molecule has 37 heavy (non-hydrogen) atoms. The summed E-state index contributed by atoms with van der Waals surface area (Å²) >= 11 is 19.4. The zero-order valence-corrected chi connectivity index (χ0v) is 23.4. The van der Waals surface area contributed by atoms with E-state index in [0.717, 1.165) is 16.1 Å². The molecule has 2 bridgehead atoms. The highest BCUT2D eigenvalue weighted by Crippen LogP contribution is 2.60. The third-order valence-corrected chi connectivity index (χ3v) is 11.0. The number of carbonyl (C=O) groups is 4. The van der Waals surface area contributed by atoms with Gasteiger partial charge in [-0.2, -0.15) is 5.01 Å². The Balaban J connectivity index is 1.54. The van der Waals surface area contributed by atoms with Crippen molar-refractivity contribution < 1.29 is 24.1 Å². The molecule has 0 aromatic heterocycles. The summed E-state index contributed by atoms with van der Waals surface area (Å²) in [5.41, 5.74) is -0.457. The number of benzene rings is 2. The summed E-state index contributed by atoms with van der Waals surface area (Å²) < 4.78 is 0. The fraction of sp³-hybridized carbons (Fsp3) is 0.333. The van der Waals surface area contributed by atoms with E-state index in [4.69, 9.17) is 23.2 Å². The summed E-state index contributed by atoms with van der Waals surface area (Å²) in [6.07, 6.45) is 0.685. The van der Waals surface area contributed by atoms with Gasteiger partial charge in [0.05, 0.1) is 21.8 Å². The molecule has 13 heteroatoms. The van der Waals surface area contributed by atoms with Crippen LogP contribution in [-0.4, -0.2) is 54.6 Å². The van der Waals surface area contributed by atoms with Gasteiger partial charge in [-0.3, -0.25) is 29.3 Å². The van der Waals surface area contributed by atoms with E-state index in [-0.39, 0.29) is 43.3 Å². The van der Waals surface area contributed by atoms with Gasteiger partial charge in [0.1, 0.15) is 6.54 Å². The summed E-state index contributed by atoms with van der Waals surface area (Å²) in [6.45, 7) is -0.690. The molecular weight excluding hydrogens is 657 g/mol. The average molecular weight is 674 g/mol. The minimum atomic E-state index is -0.901. The van der Waals surface area contributed by atoms with E-state index in [1.165, 1.54) is 36.4 Å². The number of hydrazine groups is 1. The van der Waals surface area contributed by atoms with Gasteiger partial charge in [0.2, 0.25) is 0 Å². The second-order valence-electron chi connectivity index (χ2n) is 9.21. The standard InChI is InChI=1S/C24H17Br2Cl2N3O6/c25-20-14-8-15(21(20)26)19-18(14)23(34)30(24(19)35)29(9-17(32)13-5-4-11(27)7-16(13)28)22(33)10-2-1-3-12(6-10)31(36)37/h1-7,14-15,18-21H,8-9H2/t14-,15-,18-,19+,20-,21+/m1/s1. The molecule has 6 atom stereocenters. The Morgan fingerprint density at radius 1 is 1.03 bits per heavy atom. The number of imide groups is 1. The molecule has 2 aliphatic carbocycles. The number of ketones is 1. The number of fused-ring (bicyclic) bond motifs is 5. The quantitative estimate of drug-likeness (QED) is 0.141. The number of nitro benzene ring substituents is 1. The van der Waals surface area contributed by atoms with Crippen molar-refractivity contribution in [3.63, 3.8) is 0 Å². The zero-order chi connectivity index (χ0) is 26.8. The molecule has 3 aliphatic rings. The Morgan fingerprint density at radius 2 is 1.65 bits per heavy atom. The monoisotopic (exact) mass is 671 g/mol. The maximum absolute atomic E-state index is 13.7. The number of nitrogens with zero attached hydrogens (tertiary/aromatic N) is 3. The van der Waals surface area contributed by atoms with E-state index < -0.39 is 46.8 Å². The van der Waals surface area contributed by atoms with Crippen LogP contribution in [-0.2, 0) is 9.59 Å². The Hall–Kier alpha value is -2.34. The molecule has 0 unspecified atom stereocenters. The van der Waals surface area contributed by atoms with Crippen LogP contribution in [0.5, 0.6) is 0 Å². The first-order valence-electron chi connectivity index (χ1n) is 11.2. The van der Waals surface area contributed by atoms with Gasteiger partial charge < -0.3 is 0 Å². The van der Waals surface area contributed by atoms with E-state index in [1.54, 1.807) is 0 Å². The number of alkyl halides is 2. The van der Waals surface area contributed by atoms with Crippen molar-refractivity contribution in [3.05, 3.63) is 73.8 Å². The van der Waals surface area contributed by atoms with Crippen molar-refractivity contribution in [3.8, 4) is 0 Å². The largest absolute Gasteiger partial charge is 0.292 e. The van der Waals surface area contributed by atoms with Gasteiger partial charge in [-0.15, -0.1) is 0 Å². The number of hydrogen-bond acceptors (Lipinski definition) is 6. The summed E-state index contributed by atoms with van der Waals surface area (Å²) in [5.74, 6) is -4.18. The molecule has 3 fully saturated rings. The van der Waals surface area contributed by atoms with Crippen LogP contribution in [0.3, 0.4) is 0 Å². The van der Waals surface area contributed by atoms with Crippen LogP contribution in [0.1, 0.15) is 27.1 Å². The minimum Gasteiger partial charge on any atom is -0.292 e. The Bertz CT molecular complexity index is 1340. The van der Waals surface area contributed by atoms with Crippen LogP contribution in [0.2, 0.25) is 10.0 Å². The number of rotatable bonds is 6. The van der Waals surface area contributed by atoms with Gasteiger partial charge in [0, 0.05) is 37.9 Å². The highest BCUT2D eigenvalue weighted by molar-refractivity contribution is 9.12. The lowest BCUT2D eigenvalue weighted by Gasteiger charge is -2.31. The number of halogens is 4. The second kappa shape index (κ2) is 9.76. The van der Waals surface area contributed by atoms with Gasteiger partial charge in [-0.05, 0) is 42.5 Å². The van der Waals surface area contributed by atoms with Gasteiger partial charge in [-0.1, -0.05) is 61.1 Å². The second-order valence-corrected chi connectivity index (χ2v) is 12.2. The zero-order valence-electron chi connectivity index (χ0n) is 18.7. The van der Waals surface area contributed by atoms with Crippen LogP contribution < -0.4 is 0 Å². The third-order valence-electron chi connectivity index (χ3n) is 7.27. The molecule has 3 amide bonds. The number of nitro groups is 1. The van der Waals surface area contributed by atoms with Gasteiger partial charge in [-0.25, -0.2) is 5.01 Å². The molecule has 1 aliphatic heterocycles. The van der Waals surface area contributed by atoms with Crippen LogP contribution >= 0.6 is 55.1 Å². The molecule has 2 aromatic rings. The predicted molar refractivity (Wildman–Crippen MR) is 141 cm³/mol. The number of amides is 3. The first-order valence-corrected chi connectivity index (χ1v) is 13.8. The lowest BCUT2D eigenvalue weighted by Crippen LogP contribution is -2.52. The molecule has 0 spiro atoms. The fourth-order valence-corrected chi connectivity index (χ4v) is 8.03. The van der Waals surface area contributed by atoms with Crippen LogP contribution in [0, 0.1) is 33.8 Å². The Labute approximate surface area is 237 Å². The maximum Gasteiger partial charge on any atom is 0.273 e. The molecular formula is C24H17Br2Cl2N3O6. The molecule has 1 saturated heterocycles. The third kappa shape index (κ3) is 4.29. The highest BCUT2D eigenvalue weighted by atomic mass is 79.9. The number of hydrogen-bond donors (Lipinski definition) is 0. The normalized spacial score (nSPS) is 27.9. The average Bonchev–Trinajstić information content (AvgIpc) is 3.47. The van der Waals surface area contributed by atoms with Crippen molar-refractivity contribution in [2.45, 2.75) is 16.1 Å². The summed E-state index contributed by atoms with van der Waals surface area (Å²) in [6, 6.07) is 9.08. The molecule has 0 radical (unpaired) electrons.